The van der Waals surface area contributed by atoms with E-state index in [9.17, 15) is 9.59 Å². The Balaban J connectivity index is 2.70. The molecule has 1 aliphatic rings. The summed E-state index contributed by atoms with van der Waals surface area (Å²) in [6.45, 7) is 2.20. The van der Waals surface area contributed by atoms with Crippen molar-refractivity contribution in [3.63, 3.8) is 0 Å². The standard InChI is InChI=1S/C10H7Cl2NO2/c1-2-13-8-6(9(14)10(13)15)3-5(11)4-7(8)12/h3-4H,2H2,1H3. The molecule has 78 valence electrons. The fourth-order valence-electron chi connectivity index (χ4n) is 1.65. The number of Topliss-reactive ketones (excluding diaryl/α,β-unsaturated/α-hetero) is 1. The van der Waals surface area contributed by atoms with Crippen LogP contribution in [-0.4, -0.2) is 18.2 Å². The third-order valence-corrected chi connectivity index (χ3v) is 2.80. The van der Waals surface area contributed by atoms with E-state index in [0.29, 0.717) is 27.8 Å². The molecule has 0 atom stereocenters. The van der Waals surface area contributed by atoms with Gasteiger partial charge in [-0.25, -0.2) is 0 Å². The van der Waals surface area contributed by atoms with Crippen LogP contribution in [0, 0.1) is 0 Å². The van der Waals surface area contributed by atoms with Gasteiger partial charge < -0.3 is 4.90 Å². The number of likely N-dealkylation sites (N-methyl/N-ethyl adjacent to an activating group) is 1. The number of hydrogen-bond acceptors (Lipinski definition) is 2. The Kier molecular flexibility index (Phi) is 2.44. The molecule has 3 nitrogen and oxygen atoms in total. The second kappa shape index (κ2) is 3.51. The molecule has 0 aromatic heterocycles. The predicted molar refractivity (Wildman–Crippen MR) is 58.8 cm³/mol. The summed E-state index contributed by atoms with van der Waals surface area (Å²) in [5.74, 6) is -1.09. The molecule has 0 radical (unpaired) electrons. The van der Waals surface area contributed by atoms with Crippen LogP contribution < -0.4 is 4.90 Å². The van der Waals surface area contributed by atoms with E-state index in [-0.39, 0.29) is 0 Å². The maximum atomic E-state index is 11.6. The van der Waals surface area contributed by atoms with E-state index in [1.165, 1.54) is 17.0 Å². The minimum Gasteiger partial charge on any atom is -0.304 e. The van der Waals surface area contributed by atoms with Crippen molar-refractivity contribution in [2.75, 3.05) is 11.4 Å². The first-order valence-electron chi connectivity index (χ1n) is 4.41. The van der Waals surface area contributed by atoms with Crippen LogP contribution in [0.5, 0.6) is 0 Å². The maximum Gasteiger partial charge on any atom is 0.299 e. The molecular formula is C10H7Cl2NO2. The highest BCUT2D eigenvalue weighted by Gasteiger charge is 2.36. The normalized spacial score (nSPS) is 14.7. The third kappa shape index (κ3) is 1.43. The maximum absolute atomic E-state index is 11.6. The number of benzene rings is 1. The van der Waals surface area contributed by atoms with E-state index < -0.39 is 11.7 Å². The van der Waals surface area contributed by atoms with Crippen molar-refractivity contribution in [2.45, 2.75) is 6.92 Å². The fourth-order valence-corrected chi connectivity index (χ4v) is 2.25. The molecule has 5 heteroatoms. The molecule has 2 rings (SSSR count). The van der Waals surface area contributed by atoms with Crippen LogP contribution in [0.2, 0.25) is 10.0 Å². The summed E-state index contributed by atoms with van der Waals surface area (Å²) in [5.41, 5.74) is 0.762. The highest BCUT2D eigenvalue weighted by molar-refractivity contribution is 6.54. The Hall–Kier alpha value is -1.06. The van der Waals surface area contributed by atoms with Gasteiger partial charge in [-0.2, -0.15) is 0 Å². The number of halogens is 2. The molecular weight excluding hydrogens is 237 g/mol. The number of fused-ring (bicyclic) bond motifs is 1. The number of hydrogen-bond donors (Lipinski definition) is 0. The topological polar surface area (TPSA) is 37.4 Å². The number of nitrogens with zero attached hydrogens (tertiary/aromatic N) is 1. The Bertz CT molecular complexity index is 471. The molecule has 1 aliphatic heterocycles. The highest BCUT2D eigenvalue weighted by Crippen LogP contribution is 2.37. The lowest BCUT2D eigenvalue weighted by atomic mass is 10.1. The Morgan fingerprint density at radius 1 is 1.27 bits per heavy atom. The van der Waals surface area contributed by atoms with E-state index in [4.69, 9.17) is 23.2 Å². The van der Waals surface area contributed by atoms with E-state index in [0.717, 1.165) is 0 Å². The molecule has 15 heavy (non-hydrogen) atoms. The molecule has 0 aliphatic carbocycles. The van der Waals surface area contributed by atoms with Gasteiger partial charge in [0, 0.05) is 11.6 Å². The number of rotatable bonds is 1. The highest BCUT2D eigenvalue weighted by atomic mass is 35.5. The van der Waals surface area contributed by atoms with Crippen molar-refractivity contribution in [3.05, 3.63) is 27.7 Å². The molecule has 0 bridgehead atoms. The summed E-state index contributed by atoms with van der Waals surface area (Å²) >= 11 is 11.7. The monoisotopic (exact) mass is 243 g/mol. The summed E-state index contributed by atoms with van der Waals surface area (Å²) in [5, 5.41) is 0.691. The minimum atomic E-state index is -0.545. The van der Waals surface area contributed by atoms with E-state index in [2.05, 4.69) is 0 Å². The van der Waals surface area contributed by atoms with Crippen LogP contribution in [0.3, 0.4) is 0 Å². The molecule has 1 heterocycles. The van der Waals surface area contributed by atoms with Gasteiger partial charge in [0.2, 0.25) is 0 Å². The van der Waals surface area contributed by atoms with Gasteiger partial charge in [0.25, 0.3) is 11.7 Å². The first kappa shape index (κ1) is 10.5. The van der Waals surface area contributed by atoms with Crippen LogP contribution in [0.15, 0.2) is 12.1 Å². The zero-order valence-corrected chi connectivity index (χ0v) is 9.39. The van der Waals surface area contributed by atoms with Crippen molar-refractivity contribution in [2.24, 2.45) is 0 Å². The van der Waals surface area contributed by atoms with Crippen LogP contribution in [0.25, 0.3) is 0 Å². The SMILES string of the molecule is CCN1C(=O)C(=O)c2cc(Cl)cc(Cl)c21. The molecule has 0 saturated carbocycles. The molecule has 0 N–H and O–H groups in total. The Labute approximate surface area is 96.6 Å². The van der Waals surface area contributed by atoms with Gasteiger partial charge in [0.15, 0.2) is 0 Å². The second-order valence-corrected chi connectivity index (χ2v) is 4.01. The average Bonchev–Trinajstić information content (AvgIpc) is 2.42. The van der Waals surface area contributed by atoms with Gasteiger partial charge in [0.1, 0.15) is 0 Å². The molecule has 0 fully saturated rings. The molecule has 1 amide bonds. The van der Waals surface area contributed by atoms with Crippen molar-refractivity contribution >= 4 is 40.6 Å². The minimum absolute atomic E-state index is 0.291. The summed E-state index contributed by atoms with van der Waals surface area (Å²) in [6.07, 6.45) is 0. The largest absolute Gasteiger partial charge is 0.304 e. The lowest BCUT2D eigenvalue weighted by Gasteiger charge is -2.14. The van der Waals surface area contributed by atoms with Gasteiger partial charge in [0.05, 0.1) is 16.3 Å². The molecule has 1 aromatic carbocycles. The van der Waals surface area contributed by atoms with Crippen LogP contribution in [0.1, 0.15) is 17.3 Å². The van der Waals surface area contributed by atoms with E-state index in [1.807, 2.05) is 0 Å². The Morgan fingerprint density at radius 3 is 2.53 bits per heavy atom. The van der Waals surface area contributed by atoms with Crippen LogP contribution in [0.4, 0.5) is 5.69 Å². The van der Waals surface area contributed by atoms with E-state index in [1.54, 1.807) is 6.92 Å². The lowest BCUT2D eigenvalue weighted by molar-refractivity contribution is -0.114. The van der Waals surface area contributed by atoms with Crippen molar-refractivity contribution in [3.8, 4) is 0 Å². The van der Waals surface area contributed by atoms with E-state index >= 15 is 0 Å². The molecule has 0 unspecified atom stereocenters. The van der Waals surface area contributed by atoms with Crippen molar-refractivity contribution < 1.29 is 9.59 Å². The second-order valence-electron chi connectivity index (χ2n) is 3.16. The van der Waals surface area contributed by atoms with Gasteiger partial charge >= 0.3 is 0 Å². The number of ketones is 1. The summed E-state index contributed by atoms with van der Waals surface area (Å²) in [4.78, 5) is 24.5. The third-order valence-electron chi connectivity index (χ3n) is 2.30. The first-order chi connectivity index (χ1) is 7.06. The smallest absolute Gasteiger partial charge is 0.299 e. The van der Waals surface area contributed by atoms with Gasteiger partial charge in [-0.15, -0.1) is 0 Å². The van der Waals surface area contributed by atoms with Crippen molar-refractivity contribution in [1.29, 1.82) is 0 Å². The summed E-state index contributed by atoms with van der Waals surface area (Å²) < 4.78 is 0. The number of carbonyl (C=O) groups is 2. The van der Waals surface area contributed by atoms with Crippen LogP contribution >= 0.6 is 23.2 Å². The number of anilines is 1. The van der Waals surface area contributed by atoms with Crippen LogP contribution in [-0.2, 0) is 4.79 Å². The zero-order valence-electron chi connectivity index (χ0n) is 7.88. The summed E-state index contributed by atoms with van der Waals surface area (Å²) in [7, 11) is 0. The number of carbonyl (C=O) groups excluding carboxylic acids is 2. The predicted octanol–water partition coefficient (Wildman–Crippen LogP) is 2.54. The van der Waals surface area contributed by atoms with Gasteiger partial charge in [-0.1, -0.05) is 23.2 Å². The molecule has 0 saturated heterocycles. The molecule has 0 spiro atoms. The van der Waals surface area contributed by atoms with Crippen molar-refractivity contribution in [1.82, 2.24) is 0 Å². The average molecular weight is 244 g/mol. The molecule has 1 aromatic rings. The lowest BCUT2D eigenvalue weighted by Crippen LogP contribution is -2.29. The first-order valence-corrected chi connectivity index (χ1v) is 5.17. The van der Waals surface area contributed by atoms with Gasteiger partial charge in [-0.3, -0.25) is 9.59 Å². The number of amides is 1. The Morgan fingerprint density at radius 2 is 1.93 bits per heavy atom. The summed E-state index contributed by atoms with van der Waals surface area (Å²) in [6, 6.07) is 3.00. The van der Waals surface area contributed by atoms with Gasteiger partial charge in [-0.05, 0) is 19.1 Å². The zero-order chi connectivity index (χ0) is 11.2. The quantitative estimate of drug-likeness (QED) is 0.712. The fraction of sp³-hybridized carbons (Fsp3) is 0.200.